The zero-order valence-electron chi connectivity index (χ0n) is 13.1. The number of carbonyl (C=O) groups excluding carboxylic acids is 3. The predicted octanol–water partition coefficient (Wildman–Crippen LogP) is 1.02. The van der Waals surface area contributed by atoms with E-state index in [2.05, 4.69) is 4.98 Å². The van der Waals surface area contributed by atoms with E-state index in [1.54, 1.807) is 24.4 Å². The van der Waals surface area contributed by atoms with Gasteiger partial charge in [-0.25, -0.2) is 14.6 Å². The molecule has 0 fully saturated rings. The number of pyridine rings is 1. The molecule has 8 nitrogen and oxygen atoms in total. The van der Waals surface area contributed by atoms with Gasteiger partial charge in [-0.15, -0.1) is 0 Å². The number of fused-ring (bicyclic) bond motifs is 1. The molecule has 0 unspecified atom stereocenters. The summed E-state index contributed by atoms with van der Waals surface area (Å²) in [5.41, 5.74) is 6.59. The molecular weight excluding hydrogens is 300 g/mol. The van der Waals surface area contributed by atoms with Gasteiger partial charge in [0.2, 0.25) is 0 Å². The van der Waals surface area contributed by atoms with Crippen LogP contribution in [-0.4, -0.2) is 33.4 Å². The van der Waals surface area contributed by atoms with E-state index < -0.39 is 24.0 Å². The molecule has 1 atom stereocenters. The number of nitrogens with zero attached hydrogens (tertiary/aromatic N) is 2. The molecule has 2 rings (SSSR count). The molecule has 0 aliphatic carbocycles. The number of imidazole rings is 1. The summed E-state index contributed by atoms with van der Waals surface area (Å²) < 4.78 is 6.86. The van der Waals surface area contributed by atoms with Crippen molar-refractivity contribution >= 4 is 23.6 Å². The number of rotatable bonds is 4. The highest BCUT2D eigenvalue weighted by atomic mass is 16.5. The lowest BCUT2D eigenvalue weighted by atomic mass is 10.1. The molecular formula is C15H18N4O4. The molecule has 3 amide bonds. The van der Waals surface area contributed by atoms with Gasteiger partial charge in [-0.2, -0.15) is 0 Å². The van der Waals surface area contributed by atoms with Gasteiger partial charge in [0.1, 0.15) is 5.65 Å². The van der Waals surface area contributed by atoms with Crippen LogP contribution in [0, 0.1) is 12.8 Å². The third-order valence-electron chi connectivity index (χ3n) is 3.17. The average Bonchev–Trinajstić information content (AvgIpc) is 2.86. The van der Waals surface area contributed by atoms with E-state index in [0.717, 1.165) is 5.56 Å². The third kappa shape index (κ3) is 3.85. The topological polar surface area (TPSA) is 116 Å². The summed E-state index contributed by atoms with van der Waals surface area (Å²) in [5, 5.41) is 1.91. The summed E-state index contributed by atoms with van der Waals surface area (Å²) in [4.78, 5) is 39.0. The quantitative estimate of drug-likeness (QED) is 0.816. The molecule has 0 aliphatic rings. The standard InChI is InChI=1S/C15H18N4O4/c1-8(2)12(13(20)18-15(16)22)23-14(21)10-7-19-5-4-9(3)6-11(19)17-10/h4-8,12H,1-3H3,(H3,16,18,20,22)/t12-/m0/s1. The van der Waals surface area contributed by atoms with E-state index in [9.17, 15) is 14.4 Å². The minimum Gasteiger partial charge on any atom is -0.447 e. The number of aryl methyl sites for hydroxylation is 1. The predicted molar refractivity (Wildman–Crippen MR) is 81.7 cm³/mol. The number of nitrogens with two attached hydrogens (primary N) is 1. The number of urea groups is 1. The number of carbonyl (C=O) groups is 3. The van der Waals surface area contributed by atoms with E-state index in [1.807, 2.05) is 24.4 Å². The minimum absolute atomic E-state index is 0.0770. The first-order valence-corrected chi connectivity index (χ1v) is 7.04. The Balaban J connectivity index is 2.19. The van der Waals surface area contributed by atoms with Crippen LogP contribution in [0.15, 0.2) is 24.5 Å². The lowest BCUT2D eigenvalue weighted by molar-refractivity contribution is -0.130. The largest absolute Gasteiger partial charge is 0.447 e. The molecule has 0 spiro atoms. The van der Waals surface area contributed by atoms with Gasteiger partial charge in [0, 0.05) is 12.4 Å². The summed E-state index contributed by atoms with van der Waals surface area (Å²) in [5.74, 6) is -1.84. The molecule has 23 heavy (non-hydrogen) atoms. The van der Waals surface area contributed by atoms with Crippen molar-refractivity contribution in [2.45, 2.75) is 26.9 Å². The first kappa shape index (κ1) is 16.5. The van der Waals surface area contributed by atoms with Crippen LogP contribution in [0.25, 0.3) is 5.65 Å². The first-order chi connectivity index (χ1) is 10.8. The number of amides is 3. The highest BCUT2D eigenvalue weighted by Gasteiger charge is 2.28. The van der Waals surface area contributed by atoms with Crippen LogP contribution in [0.4, 0.5) is 4.79 Å². The van der Waals surface area contributed by atoms with Gasteiger partial charge in [-0.05, 0) is 30.5 Å². The van der Waals surface area contributed by atoms with E-state index in [-0.39, 0.29) is 11.6 Å². The van der Waals surface area contributed by atoms with Crippen molar-refractivity contribution in [2.75, 3.05) is 0 Å². The highest BCUT2D eigenvalue weighted by Crippen LogP contribution is 2.13. The maximum absolute atomic E-state index is 12.2. The molecule has 8 heteroatoms. The number of hydrogen-bond donors (Lipinski definition) is 2. The van der Waals surface area contributed by atoms with Crippen LogP contribution in [0.3, 0.4) is 0 Å². The second-order valence-corrected chi connectivity index (χ2v) is 5.52. The Hall–Kier alpha value is -2.90. The normalized spacial score (nSPS) is 12.2. The van der Waals surface area contributed by atoms with Crippen molar-refractivity contribution in [2.24, 2.45) is 11.7 Å². The molecule has 2 heterocycles. The molecule has 2 aromatic rings. The summed E-state index contributed by atoms with van der Waals surface area (Å²) >= 11 is 0. The van der Waals surface area contributed by atoms with E-state index in [1.165, 1.54) is 6.20 Å². The number of aromatic nitrogens is 2. The Kier molecular flexibility index (Phi) is 4.63. The third-order valence-corrected chi connectivity index (χ3v) is 3.17. The summed E-state index contributed by atoms with van der Waals surface area (Å²) in [6.07, 6.45) is 2.15. The van der Waals surface area contributed by atoms with Crippen molar-refractivity contribution < 1.29 is 19.1 Å². The van der Waals surface area contributed by atoms with Gasteiger partial charge in [-0.3, -0.25) is 10.1 Å². The van der Waals surface area contributed by atoms with Crippen LogP contribution < -0.4 is 11.1 Å². The van der Waals surface area contributed by atoms with E-state index >= 15 is 0 Å². The van der Waals surface area contributed by atoms with E-state index in [4.69, 9.17) is 10.5 Å². The van der Waals surface area contributed by atoms with Gasteiger partial charge in [0.05, 0.1) is 0 Å². The second-order valence-electron chi connectivity index (χ2n) is 5.52. The van der Waals surface area contributed by atoms with Crippen LogP contribution in [-0.2, 0) is 9.53 Å². The molecule has 0 bridgehead atoms. The van der Waals surface area contributed by atoms with Gasteiger partial charge in [0.15, 0.2) is 11.8 Å². The summed E-state index contributed by atoms with van der Waals surface area (Å²) in [7, 11) is 0. The number of esters is 1. The minimum atomic E-state index is -1.14. The molecule has 0 aliphatic heterocycles. The van der Waals surface area contributed by atoms with Gasteiger partial charge < -0.3 is 14.9 Å². The lowest BCUT2D eigenvalue weighted by Crippen LogP contribution is -2.45. The monoisotopic (exact) mass is 318 g/mol. The molecule has 0 saturated heterocycles. The van der Waals surface area contributed by atoms with Crippen LogP contribution in [0.1, 0.15) is 29.9 Å². The first-order valence-electron chi connectivity index (χ1n) is 7.04. The average molecular weight is 318 g/mol. The Labute approximate surface area is 132 Å². The van der Waals surface area contributed by atoms with Crippen molar-refractivity contribution in [3.8, 4) is 0 Å². The SMILES string of the molecule is Cc1ccn2cc(C(=O)O[C@H](C(=O)NC(N)=O)C(C)C)nc2c1. The Morgan fingerprint density at radius 1 is 1.35 bits per heavy atom. The van der Waals surface area contributed by atoms with Gasteiger partial charge in [-0.1, -0.05) is 13.8 Å². The number of primary amides is 1. The smallest absolute Gasteiger partial charge is 0.359 e. The maximum atomic E-state index is 12.2. The number of ether oxygens (including phenoxy) is 1. The van der Waals surface area contributed by atoms with Crippen LogP contribution in [0.2, 0.25) is 0 Å². The molecule has 0 radical (unpaired) electrons. The zero-order valence-corrected chi connectivity index (χ0v) is 13.1. The fraction of sp³-hybridized carbons (Fsp3) is 0.333. The fourth-order valence-electron chi connectivity index (χ4n) is 2.04. The van der Waals surface area contributed by atoms with Gasteiger partial charge in [0.25, 0.3) is 5.91 Å². The summed E-state index contributed by atoms with van der Waals surface area (Å²) in [6, 6.07) is 2.69. The van der Waals surface area contributed by atoms with Crippen LogP contribution >= 0.6 is 0 Å². The highest BCUT2D eigenvalue weighted by molar-refractivity contribution is 5.98. The molecule has 0 aromatic carbocycles. The Morgan fingerprint density at radius 2 is 2.04 bits per heavy atom. The second kappa shape index (κ2) is 6.47. The van der Waals surface area contributed by atoms with Crippen molar-refractivity contribution in [3.05, 3.63) is 35.8 Å². The van der Waals surface area contributed by atoms with Crippen LogP contribution in [0.5, 0.6) is 0 Å². The fourth-order valence-corrected chi connectivity index (χ4v) is 2.04. The zero-order chi connectivity index (χ0) is 17.1. The Morgan fingerprint density at radius 3 is 2.65 bits per heavy atom. The van der Waals surface area contributed by atoms with E-state index in [0.29, 0.717) is 5.65 Å². The maximum Gasteiger partial charge on any atom is 0.359 e. The van der Waals surface area contributed by atoms with Crippen molar-refractivity contribution in [3.63, 3.8) is 0 Å². The number of nitrogens with one attached hydrogen (secondary N) is 1. The van der Waals surface area contributed by atoms with Crippen molar-refractivity contribution in [1.82, 2.24) is 14.7 Å². The van der Waals surface area contributed by atoms with Crippen molar-refractivity contribution in [1.29, 1.82) is 0 Å². The Bertz CT molecular complexity index is 766. The molecule has 3 N–H and O–H groups in total. The summed E-state index contributed by atoms with van der Waals surface area (Å²) in [6.45, 7) is 5.28. The molecule has 2 aromatic heterocycles. The molecule has 0 saturated carbocycles. The number of hydrogen-bond acceptors (Lipinski definition) is 5. The van der Waals surface area contributed by atoms with Gasteiger partial charge >= 0.3 is 12.0 Å². The lowest BCUT2D eigenvalue weighted by Gasteiger charge is -2.19. The molecule has 122 valence electrons. The number of imide groups is 1.